The summed E-state index contributed by atoms with van der Waals surface area (Å²) in [4.78, 5) is 22.5. The summed E-state index contributed by atoms with van der Waals surface area (Å²) in [7, 11) is 1.76. The first-order valence-electron chi connectivity index (χ1n) is 6.71. The number of aryl methyl sites for hydroxylation is 1. The van der Waals surface area contributed by atoms with Gasteiger partial charge in [0.05, 0.1) is 5.69 Å². The summed E-state index contributed by atoms with van der Waals surface area (Å²) in [6.07, 6.45) is 3.51. The molecule has 0 aliphatic carbocycles. The van der Waals surface area contributed by atoms with Gasteiger partial charge in [0.1, 0.15) is 10.0 Å². The maximum absolute atomic E-state index is 12.2. The van der Waals surface area contributed by atoms with E-state index in [1.807, 2.05) is 39.8 Å². The van der Waals surface area contributed by atoms with Gasteiger partial charge in [-0.1, -0.05) is 11.3 Å². The molecule has 0 spiro atoms. The van der Waals surface area contributed by atoms with E-state index in [2.05, 4.69) is 15.3 Å². The van der Waals surface area contributed by atoms with Gasteiger partial charge < -0.3 is 5.32 Å². The van der Waals surface area contributed by atoms with Crippen LogP contribution in [0.4, 0.5) is 9.80 Å². The zero-order valence-corrected chi connectivity index (χ0v) is 13.8. The maximum Gasteiger partial charge on any atom is 0.322 e. The van der Waals surface area contributed by atoms with Gasteiger partial charge in [-0.2, -0.15) is 0 Å². The van der Waals surface area contributed by atoms with E-state index in [-0.39, 0.29) is 11.6 Å². The molecule has 2 rings (SSSR count). The molecule has 0 saturated carbocycles. The number of hydrogen-bond donors (Lipinski definition) is 1. The minimum atomic E-state index is -0.268. The average molecular weight is 304 g/mol. The Hall–Kier alpha value is -1.95. The highest BCUT2D eigenvalue weighted by atomic mass is 32.1. The number of nitrogens with one attached hydrogen (secondary N) is 1. The van der Waals surface area contributed by atoms with Crippen LogP contribution in [-0.4, -0.2) is 28.6 Å². The first kappa shape index (κ1) is 15.4. The lowest BCUT2D eigenvalue weighted by atomic mass is 10.1. The number of rotatable bonds is 2. The second-order valence-electron chi connectivity index (χ2n) is 5.89. The summed E-state index contributed by atoms with van der Waals surface area (Å²) in [5.41, 5.74) is 1.53. The number of thiazole rings is 1. The second kappa shape index (κ2) is 5.81. The van der Waals surface area contributed by atoms with E-state index >= 15 is 0 Å². The minimum absolute atomic E-state index is 0.132. The lowest BCUT2D eigenvalue weighted by molar-refractivity contribution is 0.239. The molecule has 0 atom stereocenters. The highest BCUT2D eigenvalue weighted by molar-refractivity contribution is 7.19. The van der Waals surface area contributed by atoms with Crippen LogP contribution < -0.4 is 10.2 Å². The van der Waals surface area contributed by atoms with Crippen LogP contribution in [0.5, 0.6) is 0 Å². The Morgan fingerprint density at radius 3 is 2.67 bits per heavy atom. The highest BCUT2D eigenvalue weighted by Gasteiger charge is 2.21. The van der Waals surface area contributed by atoms with Gasteiger partial charge in [0.25, 0.3) is 0 Å². The van der Waals surface area contributed by atoms with Gasteiger partial charge in [-0.05, 0) is 39.8 Å². The number of carbonyl (C=O) groups is 1. The predicted octanol–water partition coefficient (Wildman–Crippen LogP) is 3.46. The minimum Gasteiger partial charge on any atom is -0.333 e. The van der Waals surface area contributed by atoms with Crippen molar-refractivity contribution in [2.45, 2.75) is 33.2 Å². The smallest absolute Gasteiger partial charge is 0.322 e. The van der Waals surface area contributed by atoms with Crippen LogP contribution in [0.15, 0.2) is 24.5 Å². The third kappa shape index (κ3) is 3.78. The number of carbonyl (C=O) groups excluding carboxylic acids is 1. The summed E-state index contributed by atoms with van der Waals surface area (Å²) < 4.78 is 0. The van der Waals surface area contributed by atoms with Crippen molar-refractivity contribution in [3.63, 3.8) is 0 Å². The van der Waals surface area contributed by atoms with Crippen molar-refractivity contribution in [1.29, 1.82) is 0 Å². The monoisotopic (exact) mass is 304 g/mol. The van der Waals surface area contributed by atoms with Crippen LogP contribution >= 0.6 is 11.3 Å². The molecular formula is C15H20N4OS. The van der Waals surface area contributed by atoms with Crippen LogP contribution in [-0.2, 0) is 0 Å². The molecule has 5 nitrogen and oxygen atoms in total. The van der Waals surface area contributed by atoms with Crippen molar-refractivity contribution in [2.75, 3.05) is 11.9 Å². The fraction of sp³-hybridized carbons (Fsp3) is 0.400. The van der Waals surface area contributed by atoms with Gasteiger partial charge in [0.15, 0.2) is 0 Å². The fourth-order valence-corrected chi connectivity index (χ4v) is 2.83. The molecule has 0 fully saturated rings. The van der Waals surface area contributed by atoms with Gasteiger partial charge in [-0.15, -0.1) is 0 Å². The summed E-state index contributed by atoms with van der Waals surface area (Å²) in [5.74, 6) is 0. The van der Waals surface area contributed by atoms with Crippen molar-refractivity contribution in [3.05, 3.63) is 30.2 Å². The highest BCUT2D eigenvalue weighted by Crippen LogP contribution is 2.33. The Bertz CT molecular complexity index is 631. The molecule has 0 aliphatic heterocycles. The van der Waals surface area contributed by atoms with E-state index in [1.54, 1.807) is 24.3 Å². The van der Waals surface area contributed by atoms with Crippen molar-refractivity contribution >= 4 is 22.4 Å². The molecule has 0 aromatic carbocycles. The van der Waals surface area contributed by atoms with Crippen LogP contribution in [0.25, 0.3) is 10.6 Å². The Morgan fingerprint density at radius 1 is 1.38 bits per heavy atom. The molecule has 0 bridgehead atoms. The maximum atomic E-state index is 12.2. The molecule has 1 N–H and O–H groups in total. The lowest BCUT2D eigenvalue weighted by Crippen LogP contribution is -2.47. The van der Waals surface area contributed by atoms with Gasteiger partial charge in [-0.25, -0.2) is 9.78 Å². The normalized spacial score (nSPS) is 11.3. The summed E-state index contributed by atoms with van der Waals surface area (Å²) >= 11 is 1.49. The van der Waals surface area contributed by atoms with E-state index in [9.17, 15) is 4.79 Å². The van der Waals surface area contributed by atoms with Gasteiger partial charge in [0, 0.05) is 30.5 Å². The predicted molar refractivity (Wildman–Crippen MR) is 86.8 cm³/mol. The van der Waals surface area contributed by atoms with E-state index < -0.39 is 0 Å². The van der Waals surface area contributed by atoms with Crippen molar-refractivity contribution in [1.82, 2.24) is 15.3 Å². The molecule has 0 aliphatic rings. The van der Waals surface area contributed by atoms with E-state index in [1.165, 1.54) is 11.3 Å². The third-order valence-electron chi connectivity index (χ3n) is 2.77. The number of anilines is 1. The largest absolute Gasteiger partial charge is 0.333 e. The van der Waals surface area contributed by atoms with Gasteiger partial charge in [-0.3, -0.25) is 9.88 Å². The Kier molecular flexibility index (Phi) is 4.27. The zero-order chi connectivity index (χ0) is 15.6. The van der Waals surface area contributed by atoms with Crippen molar-refractivity contribution in [3.8, 4) is 10.6 Å². The molecule has 21 heavy (non-hydrogen) atoms. The molecule has 0 unspecified atom stereocenters. The van der Waals surface area contributed by atoms with Crippen molar-refractivity contribution in [2.24, 2.45) is 0 Å². The number of aromatic nitrogens is 2. The summed E-state index contributed by atoms with van der Waals surface area (Å²) in [5, 5.41) is 4.66. The van der Waals surface area contributed by atoms with Gasteiger partial charge in [0.2, 0.25) is 0 Å². The number of pyridine rings is 1. The first-order valence-corrected chi connectivity index (χ1v) is 7.53. The Labute approximate surface area is 129 Å². The summed E-state index contributed by atoms with van der Waals surface area (Å²) in [6, 6.07) is 3.71. The first-order chi connectivity index (χ1) is 9.78. The average Bonchev–Trinajstić information content (AvgIpc) is 2.79. The molecule has 112 valence electrons. The number of hydrogen-bond acceptors (Lipinski definition) is 4. The molecule has 2 heterocycles. The molecule has 2 aromatic heterocycles. The molecular weight excluding hydrogens is 284 g/mol. The second-order valence-corrected chi connectivity index (χ2v) is 6.87. The van der Waals surface area contributed by atoms with E-state index in [0.29, 0.717) is 0 Å². The molecule has 6 heteroatoms. The third-order valence-corrected chi connectivity index (χ3v) is 4.05. The van der Waals surface area contributed by atoms with Crippen LogP contribution in [0.2, 0.25) is 0 Å². The number of nitrogens with zero attached hydrogens (tertiary/aromatic N) is 3. The zero-order valence-electron chi connectivity index (χ0n) is 13.0. The summed E-state index contributed by atoms with van der Waals surface area (Å²) in [6.45, 7) is 7.78. The lowest BCUT2D eigenvalue weighted by Gasteiger charge is -2.25. The SMILES string of the molecule is Cc1nc(-c2cccnc2)sc1N(C)C(=O)NC(C)(C)C. The topological polar surface area (TPSA) is 58.1 Å². The van der Waals surface area contributed by atoms with Crippen LogP contribution in [0.3, 0.4) is 0 Å². The Morgan fingerprint density at radius 2 is 2.10 bits per heavy atom. The fourth-order valence-electron chi connectivity index (χ4n) is 1.81. The number of urea groups is 1. The molecule has 2 amide bonds. The van der Waals surface area contributed by atoms with Crippen LogP contribution in [0.1, 0.15) is 26.5 Å². The van der Waals surface area contributed by atoms with E-state index in [4.69, 9.17) is 0 Å². The molecule has 0 saturated heterocycles. The number of amides is 2. The standard InChI is InChI=1S/C15H20N4OS/c1-10-13(19(5)14(20)18-15(2,3)4)21-12(17-10)11-7-6-8-16-9-11/h6-9H,1-5H3,(H,18,20). The molecule has 2 aromatic rings. The quantitative estimate of drug-likeness (QED) is 0.924. The Balaban J connectivity index is 2.25. The van der Waals surface area contributed by atoms with Crippen molar-refractivity contribution < 1.29 is 4.79 Å². The van der Waals surface area contributed by atoms with E-state index in [0.717, 1.165) is 21.3 Å². The van der Waals surface area contributed by atoms with Gasteiger partial charge >= 0.3 is 6.03 Å². The van der Waals surface area contributed by atoms with Crippen LogP contribution in [0, 0.1) is 6.92 Å². The molecule has 0 radical (unpaired) electrons.